The average Bonchev–Trinajstić information content (AvgIpc) is 3.41. The number of carboxylic acids is 2. The molecule has 0 saturated carbocycles. The van der Waals surface area contributed by atoms with Crippen LogP contribution in [0.15, 0.2) is 194 Å². The van der Waals surface area contributed by atoms with E-state index in [2.05, 4.69) is 104 Å². The first-order valence-corrected chi connectivity index (χ1v) is 25.3. The number of carbonyl (C=O) groups excluding carboxylic acids is 1. The molecule has 8 rings (SSSR count). The van der Waals surface area contributed by atoms with Gasteiger partial charge in [0, 0.05) is 16.7 Å². The SMILES string of the molecule is Cc1ccc(-c2cc(C(=O)/C=C/c3ccc(C(=O)O)cc3)cc(OCc3ccccc3)c2C(C)(C)C)cc1.Cc1ccc(-c2cc(C(O)/C=C/c3ccc(C(=O)O)cc3)cc(OCc3ccccc3)c2C(C)(C)C)cc1. The van der Waals surface area contributed by atoms with Gasteiger partial charge in [-0.1, -0.05) is 204 Å². The quantitative estimate of drug-likeness (QED) is 0.0644. The van der Waals surface area contributed by atoms with Crippen LogP contribution in [0.3, 0.4) is 0 Å². The topological polar surface area (TPSA) is 130 Å². The number of ketones is 1. The molecule has 0 amide bonds. The van der Waals surface area contributed by atoms with Crippen LogP contribution in [0.5, 0.6) is 11.5 Å². The molecule has 8 aromatic carbocycles. The molecule has 8 aromatic rings. The lowest BCUT2D eigenvalue weighted by molar-refractivity contribution is 0.0686. The molecule has 0 spiro atoms. The normalized spacial score (nSPS) is 12.0. The lowest BCUT2D eigenvalue weighted by Gasteiger charge is -2.28. The van der Waals surface area contributed by atoms with Crippen molar-refractivity contribution in [1.29, 1.82) is 0 Å². The lowest BCUT2D eigenvalue weighted by atomic mass is 9.79. The van der Waals surface area contributed by atoms with Crippen LogP contribution in [0.4, 0.5) is 0 Å². The fourth-order valence-electron chi connectivity index (χ4n) is 8.79. The van der Waals surface area contributed by atoms with Crippen LogP contribution in [0.2, 0.25) is 0 Å². The van der Waals surface area contributed by atoms with E-state index in [-0.39, 0.29) is 27.7 Å². The van der Waals surface area contributed by atoms with Gasteiger partial charge in [0.1, 0.15) is 24.7 Å². The molecular weight excluding hydrogens is 945 g/mol. The predicted molar refractivity (Wildman–Crippen MR) is 306 cm³/mol. The molecule has 0 radical (unpaired) electrons. The molecule has 0 fully saturated rings. The number of carbonyl (C=O) groups is 3. The lowest BCUT2D eigenvalue weighted by Crippen LogP contribution is -2.16. The van der Waals surface area contributed by atoms with Crippen LogP contribution in [-0.2, 0) is 24.0 Å². The minimum atomic E-state index is -0.984. The van der Waals surface area contributed by atoms with E-state index in [1.165, 1.54) is 23.8 Å². The van der Waals surface area contributed by atoms with Gasteiger partial charge in [-0.15, -0.1) is 0 Å². The van der Waals surface area contributed by atoms with E-state index < -0.39 is 18.0 Å². The number of rotatable bonds is 16. The second-order valence-corrected chi connectivity index (χ2v) is 21.0. The number of benzene rings is 8. The van der Waals surface area contributed by atoms with Gasteiger partial charge in [-0.3, -0.25) is 4.79 Å². The van der Waals surface area contributed by atoms with Crippen molar-refractivity contribution in [3.63, 3.8) is 0 Å². The molecule has 0 heterocycles. The number of hydrogen-bond acceptors (Lipinski definition) is 6. The minimum absolute atomic E-state index is 0.161. The summed E-state index contributed by atoms with van der Waals surface area (Å²) in [4.78, 5) is 35.6. The van der Waals surface area contributed by atoms with Crippen LogP contribution in [-0.4, -0.2) is 33.0 Å². The van der Waals surface area contributed by atoms with E-state index in [4.69, 9.17) is 19.7 Å². The van der Waals surface area contributed by atoms with Gasteiger partial charge in [-0.2, -0.15) is 0 Å². The van der Waals surface area contributed by atoms with Crippen molar-refractivity contribution in [2.45, 2.75) is 85.5 Å². The smallest absolute Gasteiger partial charge is 0.335 e. The predicted octanol–water partition coefficient (Wildman–Crippen LogP) is 16.1. The van der Waals surface area contributed by atoms with Crippen LogP contribution < -0.4 is 9.47 Å². The van der Waals surface area contributed by atoms with Gasteiger partial charge in [-0.05, 0) is 129 Å². The maximum atomic E-state index is 13.4. The van der Waals surface area contributed by atoms with Gasteiger partial charge in [0.25, 0.3) is 0 Å². The zero-order valence-corrected chi connectivity index (χ0v) is 44.5. The molecule has 3 N–H and O–H groups in total. The monoisotopic (exact) mass is 1010 g/mol. The maximum Gasteiger partial charge on any atom is 0.335 e. The molecule has 0 bridgehead atoms. The Bertz CT molecular complexity index is 3320. The Labute approximate surface area is 447 Å². The number of hydrogen-bond donors (Lipinski definition) is 3. The van der Waals surface area contributed by atoms with Crippen molar-refractivity contribution in [3.8, 4) is 33.8 Å². The van der Waals surface area contributed by atoms with Gasteiger partial charge in [-0.25, -0.2) is 9.59 Å². The standard InChI is InChI=1S/C34H34O4.C34H32O4/c2*1-23-10-15-26(16-11-23)29-20-28(30(35)19-14-24-12-17-27(18-13-24)33(36)37)21-31(32(29)34(2,3)4)38-22-25-8-6-5-7-9-25/h5-21,30,35H,22H2,1-4H3,(H,36,37);5-21H,22H2,1-4H3,(H,36,37)/b2*19-14+. The Hall–Kier alpha value is -8.59. The van der Waals surface area contributed by atoms with Gasteiger partial charge in [0.05, 0.1) is 17.2 Å². The molecule has 0 aliphatic heterocycles. The molecule has 386 valence electrons. The van der Waals surface area contributed by atoms with Gasteiger partial charge in [0.2, 0.25) is 0 Å². The molecule has 0 saturated heterocycles. The first-order chi connectivity index (χ1) is 36.2. The van der Waals surface area contributed by atoms with Crippen molar-refractivity contribution < 1.29 is 39.2 Å². The van der Waals surface area contributed by atoms with Gasteiger partial charge >= 0.3 is 11.9 Å². The highest BCUT2D eigenvalue weighted by Gasteiger charge is 2.28. The summed E-state index contributed by atoms with van der Waals surface area (Å²) in [5, 5.41) is 29.5. The highest BCUT2D eigenvalue weighted by Crippen LogP contribution is 2.44. The Morgan fingerprint density at radius 2 is 0.895 bits per heavy atom. The van der Waals surface area contributed by atoms with E-state index in [0.717, 1.165) is 72.5 Å². The summed E-state index contributed by atoms with van der Waals surface area (Å²) in [5.74, 6) is -0.686. The maximum absolute atomic E-state index is 13.4. The third kappa shape index (κ3) is 14.8. The highest BCUT2D eigenvalue weighted by molar-refractivity contribution is 6.08. The van der Waals surface area contributed by atoms with Gasteiger partial charge < -0.3 is 24.8 Å². The van der Waals surface area contributed by atoms with Crippen LogP contribution in [0.25, 0.3) is 34.4 Å². The second-order valence-electron chi connectivity index (χ2n) is 21.0. The first kappa shape index (κ1) is 55.2. The van der Waals surface area contributed by atoms with Crippen molar-refractivity contribution in [1.82, 2.24) is 0 Å². The number of ether oxygens (including phenoxy) is 2. The van der Waals surface area contributed by atoms with Crippen LogP contribution >= 0.6 is 0 Å². The molecule has 76 heavy (non-hydrogen) atoms. The summed E-state index contributed by atoms with van der Waals surface area (Å²) >= 11 is 0. The number of carboxylic acid groups (broad SMARTS) is 2. The summed E-state index contributed by atoms with van der Waals surface area (Å²) in [5.41, 5.74) is 13.4. The number of allylic oxidation sites excluding steroid dienone is 1. The highest BCUT2D eigenvalue weighted by atomic mass is 16.5. The minimum Gasteiger partial charge on any atom is -0.489 e. The Morgan fingerprint density at radius 1 is 0.487 bits per heavy atom. The molecule has 1 atom stereocenters. The van der Waals surface area contributed by atoms with Crippen molar-refractivity contribution in [3.05, 3.63) is 261 Å². The number of aromatic carboxylic acids is 2. The van der Waals surface area contributed by atoms with E-state index in [1.54, 1.807) is 54.6 Å². The second kappa shape index (κ2) is 24.6. The molecule has 1 unspecified atom stereocenters. The molecule has 8 heteroatoms. The van der Waals surface area contributed by atoms with E-state index in [9.17, 15) is 19.5 Å². The number of aryl methyl sites for hydroxylation is 2. The third-order valence-electron chi connectivity index (χ3n) is 12.8. The molecule has 8 nitrogen and oxygen atoms in total. The molecular formula is C68H66O8. The Morgan fingerprint density at radius 3 is 1.32 bits per heavy atom. The van der Waals surface area contributed by atoms with Crippen molar-refractivity contribution in [2.24, 2.45) is 0 Å². The fourth-order valence-corrected chi connectivity index (χ4v) is 8.79. The number of aliphatic hydroxyl groups is 1. The van der Waals surface area contributed by atoms with Gasteiger partial charge in [0.15, 0.2) is 5.78 Å². The Balaban J connectivity index is 0.000000221. The van der Waals surface area contributed by atoms with E-state index >= 15 is 0 Å². The van der Waals surface area contributed by atoms with E-state index in [1.807, 2.05) is 84.9 Å². The summed E-state index contributed by atoms with van der Waals surface area (Å²) < 4.78 is 12.8. The van der Waals surface area contributed by atoms with Crippen molar-refractivity contribution in [2.75, 3.05) is 0 Å². The van der Waals surface area contributed by atoms with E-state index in [0.29, 0.717) is 24.5 Å². The van der Waals surface area contributed by atoms with Crippen LogP contribution in [0, 0.1) is 13.8 Å². The average molecular weight is 1010 g/mol. The summed E-state index contributed by atoms with van der Waals surface area (Å²) in [6.45, 7) is 17.9. The molecule has 0 aliphatic carbocycles. The van der Waals surface area contributed by atoms with Crippen molar-refractivity contribution >= 4 is 29.9 Å². The zero-order valence-electron chi connectivity index (χ0n) is 44.5. The molecule has 0 aromatic heterocycles. The fraction of sp³-hybridized carbons (Fsp3) is 0.191. The Kier molecular flexibility index (Phi) is 17.9. The number of aliphatic hydroxyl groups excluding tert-OH is 1. The summed E-state index contributed by atoms with van der Waals surface area (Å²) in [6, 6.07) is 57.4. The molecule has 0 aliphatic rings. The first-order valence-electron chi connectivity index (χ1n) is 25.3. The largest absolute Gasteiger partial charge is 0.489 e. The van der Waals surface area contributed by atoms with Crippen LogP contribution in [0.1, 0.15) is 129 Å². The summed E-state index contributed by atoms with van der Waals surface area (Å²) in [6.07, 6.45) is 5.83. The third-order valence-corrected chi connectivity index (χ3v) is 12.8. The zero-order chi connectivity index (χ0) is 54.6. The summed E-state index contributed by atoms with van der Waals surface area (Å²) in [7, 11) is 0.